The van der Waals surface area contributed by atoms with Crippen molar-refractivity contribution in [1.29, 1.82) is 0 Å². The number of carbonyl (C=O) groups excluding carboxylic acids is 2. The summed E-state index contributed by atoms with van der Waals surface area (Å²) in [5, 5.41) is 6.70. The average molecular weight is 403 g/mol. The zero-order valence-electron chi connectivity index (χ0n) is 16.4. The molecule has 0 saturated carbocycles. The van der Waals surface area contributed by atoms with Crippen LogP contribution in [0.25, 0.3) is 0 Å². The number of hydrogen-bond acceptors (Lipinski definition) is 6. The Morgan fingerprint density at radius 1 is 1.03 bits per heavy atom. The summed E-state index contributed by atoms with van der Waals surface area (Å²) in [5.41, 5.74) is 4.67. The van der Waals surface area contributed by atoms with Gasteiger partial charge < -0.3 is 10.1 Å². The fourth-order valence-electron chi connectivity index (χ4n) is 2.47. The van der Waals surface area contributed by atoms with Gasteiger partial charge in [0, 0.05) is 23.8 Å². The van der Waals surface area contributed by atoms with Gasteiger partial charge in [-0.3, -0.25) is 14.6 Å². The molecule has 0 fully saturated rings. The van der Waals surface area contributed by atoms with Crippen LogP contribution in [0.2, 0.25) is 0 Å². The number of nitrogens with one attached hydrogen (secondary N) is 2. The molecule has 1 aromatic heterocycles. The van der Waals surface area contributed by atoms with Crippen LogP contribution < -0.4 is 15.5 Å². The Morgan fingerprint density at radius 2 is 1.80 bits per heavy atom. The molecule has 0 unspecified atom stereocenters. The lowest BCUT2D eigenvalue weighted by molar-refractivity contribution is -0.115. The van der Waals surface area contributed by atoms with Crippen LogP contribution in [0.3, 0.4) is 0 Å². The van der Waals surface area contributed by atoms with Crippen LogP contribution in [0, 0.1) is 0 Å². The van der Waals surface area contributed by atoms with Gasteiger partial charge in [-0.25, -0.2) is 10.4 Å². The molecule has 3 rings (SSSR count). The maximum absolute atomic E-state index is 12.2. The molecular formula is C22H21N5O3. The number of benzene rings is 2. The van der Waals surface area contributed by atoms with Crippen molar-refractivity contribution in [3.8, 4) is 5.75 Å². The summed E-state index contributed by atoms with van der Waals surface area (Å²) in [5.74, 6) is -0.0294. The Balaban J connectivity index is 1.45. The summed E-state index contributed by atoms with van der Waals surface area (Å²) >= 11 is 0. The van der Waals surface area contributed by atoms with Gasteiger partial charge in [0.25, 0.3) is 5.91 Å². The second-order valence-electron chi connectivity index (χ2n) is 6.40. The van der Waals surface area contributed by atoms with Gasteiger partial charge in [0.05, 0.1) is 12.6 Å². The number of carbonyl (C=O) groups is 2. The van der Waals surface area contributed by atoms with Crippen molar-refractivity contribution in [2.75, 3.05) is 5.32 Å². The van der Waals surface area contributed by atoms with Crippen LogP contribution in [0.4, 0.5) is 5.69 Å². The van der Waals surface area contributed by atoms with Crippen LogP contribution in [0.15, 0.2) is 78.3 Å². The van der Waals surface area contributed by atoms with E-state index in [0.717, 1.165) is 5.56 Å². The Hall–Kier alpha value is -4.07. The largest absolute Gasteiger partial charge is 0.489 e. The molecule has 8 heteroatoms. The smallest absolute Gasteiger partial charge is 0.291 e. The fourth-order valence-corrected chi connectivity index (χ4v) is 2.47. The molecule has 0 aliphatic heterocycles. The highest BCUT2D eigenvalue weighted by Crippen LogP contribution is 2.17. The van der Waals surface area contributed by atoms with Gasteiger partial charge in [-0.15, -0.1) is 0 Å². The van der Waals surface area contributed by atoms with Crippen LogP contribution in [0.1, 0.15) is 29.4 Å². The SMILES string of the molecule is CC(CC(=O)Nc1ccc(OCc2ccccc2)cc1)=NNC(=O)c1cnccn1. The first-order valence-corrected chi connectivity index (χ1v) is 9.26. The topological polar surface area (TPSA) is 106 Å². The number of hydrazone groups is 1. The first-order valence-electron chi connectivity index (χ1n) is 9.26. The highest BCUT2D eigenvalue weighted by atomic mass is 16.5. The molecule has 1 heterocycles. The van der Waals surface area contributed by atoms with E-state index < -0.39 is 5.91 Å². The highest BCUT2D eigenvalue weighted by molar-refractivity contribution is 6.06. The minimum atomic E-state index is -0.492. The number of ether oxygens (including phenoxy) is 1. The summed E-state index contributed by atoms with van der Waals surface area (Å²) in [6, 6.07) is 17.0. The summed E-state index contributed by atoms with van der Waals surface area (Å²) in [6.45, 7) is 2.12. The Labute approximate surface area is 174 Å². The van der Waals surface area contributed by atoms with Crippen molar-refractivity contribution in [2.24, 2.45) is 5.10 Å². The maximum Gasteiger partial charge on any atom is 0.291 e. The normalized spacial score (nSPS) is 10.9. The lowest BCUT2D eigenvalue weighted by Crippen LogP contribution is -2.22. The molecule has 0 radical (unpaired) electrons. The van der Waals surface area contributed by atoms with Gasteiger partial charge >= 0.3 is 0 Å². The van der Waals surface area contributed by atoms with Crippen molar-refractivity contribution >= 4 is 23.2 Å². The second kappa shape index (κ2) is 10.5. The molecule has 0 aliphatic rings. The summed E-state index contributed by atoms with van der Waals surface area (Å²) < 4.78 is 5.73. The zero-order valence-corrected chi connectivity index (χ0v) is 16.4. The van der Waals surface area contributed by atoms with E-state index >= 15 is 0 Å². The van der Waals surface area contributed by atoms with E-state index in [1.807, 2.05) is 30.3 Å². The molecule has 0 spiro atoms. The Morgan fingerprint density at radius 3 is 2.50 bits per heavy atom. The number of aromatic nitrogens is 2. The summed E-state index contributed by atoms with van der Waals surface area (Å²) in [7, 11) is 0. The molecule has 30 heavy (non-hydrogen) atoms. The van der Waals surface area contributed by atoms with E-state index in [1.165, 1.54) is 18.6 Å². The van der Waals surface area contributed by atoms with Gasteiger partial charge in [0.1, 0.15) is 18.1 Å². The minimum absolute atomic E-state index is 0.0347. The van der Waals surface area contributed by atoms with Crippen molar-refractivity contribution in [3.05, 3.63) is 84.4 Å². The van der Waals surface area contributed by atoms with E-state index in [0.29, 0.717) is 23.8 Å². The number of amides is 2. The van der Waals surface area contributed by atoms with Crippen LogP contribution in [0.5, 0.6) is 5.75 Å². The molecule has 3 aromatic rings. The van der Waals surface area contributed by atoms with Gasteiger partial charge in [-0.2, -0.15) is 5.10 Å². The van der Waals surface area contributed by atoms with Gasteiger partial charge in [0.2, 0.25) is 5.91 Å². The Kier molecular flexibility index (Phi) is 7.21. The number of nitrogens with zero attached hydrogens (tertiary/aromatic N) is 3. The fraction of sp³-hybridized carbons (Fsp3) is 0.136. The third-order valence-corrected chi connectivity index (χ3v) is 3.95. The van der Waals surface area contributed by atoms with Gasteiger partial charge in [0.15, 0.2) is 0 Å². The molecule has 2 amide bonds. The van der Waals surface area contributed by atoms with Crippen molar-refractivity contribution in [1.82, 2.24) is 15.4 Å². The lowest BCUT2D eigenvalue weighted by Gasteiger charge is -2.08. The van der Waals surface area contributed by atoms with Gasteiger partial charge in [-0.1, -0.05) is 30.3 Å². The quantitative estimate of drug-likeness (QED) is 0.444. The average Bonchev–Trinajstić information content (AvgIpc) is 2.78. The van der Waals surface area contributed by atoms with E-state index in [-0.39, 0.29) is 18.0 Å². The van der Waals surface area contributed by atoms with E-state index in [1.54, 1.807) is 31.2 Å². The molecule has 2 N–H and O–H groups in total. The minimum Gasteiger partial charge on any atom is -0.489 e. The molecule has 8 nitrogen and oxygen atoms in total. The van der Waals surface area contributed by atoms with Crippen LogP contribution in [-0.2, 0) is 11.4 Å². The molecule has 0 aliphatic carbocycles. The monoisotopic (exact) mass is 403 g/mol. The summed E-state index contributed by atoms with van der Waals surface area (Å²) in [4.78, 5) is 31.7. The third kappa shape index (κ3) is 6.52. The molecule has 0 bridgehead atoms. The number of rotatable bonds is 8. The number of hydrogen-bond donors (Lipinski definition) is 2. The van der Waals surface area contributed by atoms with E-state index in [4.69, 9.17) is 4.74 Å². The second-order valence-corrected chi connectivity index (χ2v) is 6.40. The zero-order chi connectivity index (χ0) is 21.2. The van der Waals surface area contributed by atoms with Crippen LogP contribution >= 0.6 is 0 Å². The molecule has 2 aromatic carbocycles. The van der Waals surface area contributed by atoms with E-state index in [9.17, 15) is 9.59 Å². The standard InChI is InChI=1S/C22H21N5O3/c1-16(26-27-22(29)20-14-23-11-12-24-20)13-21(28)25-18-7-9-19(10-8-18)30-15-17-5-3-2-4-6-17/h2-12,14H,13,15H2,1H3,(H,25,28)(H,27,29). The van der Waals surface area contributed by atoms with Crippen molar-refractivity contribution in [2.45, 2.75) is 20.0 Å². The first kappa shape index (κ1) is 20.7. The van der Waals surface area contributed by atoms with Gasteiger partial charge in [-0.05, 0) is 36.8 Å². The highest BCUT2D eigenvalue weighted by Gasteiger charge is 2.08. The molecule has 0 saturated heterocycles. The first-order chi connectivity index (χ1) is 14.6. The molecular weight excluding hydrogens is 382 g/mol. The lowest BCUT2D eigenvalue weighted by atomic mass is 10.2. The van der Waals surface area contributed by atoms with Crippen molar-refractivity contribution in [3.63, 3.8) is 0 Å². The predicted octanol–water partition coefficient (Wildman–Crippen LogP) is 3.19. The third-order valence-electron chi connectivity index (χ3n) is 3.95. The predicted molar refractivity (Wildman–Crippen MR) is 113 cm³/mol. The maximum atomic E-state index is 12.2. The number of anilines is 1. The molecule has 152 valence electrons. The Bertz CT molecular complexity index is 1010. The molecule has 0 atom stereocenters. The van der Waals surface area contributed by atoms with Crippen molar-refractivity contribution < 1.29 is 14.3 Å². The summed E-state index contributed by atoms with van der Waals surface area (Å²) in [6.07, 6.45) is 4.25. The van der Waals surface area contributed by atoms with E-state index in [2.05, 4.69) is 25.8 Å². The van der Waals surface area contributed by atoms with Crippen LogP contribution in [-0.4, -0.2) is 27.5 Å².